The molecular formula is C24H33N7O3. The molecule has 1 aliphatic rings. The molecule has 34 heavy (non-hydrogen) atoms. The summed E-state index contributed by atoms with van der Waals surface area (Å²) in [7, 11) is 5.72. The van der Waals surface area contributed by atoms with Crippen LogP contribution in [-0.2, 0) is 23.9 Å². The second-order valence-electron chi connectivity index (χ2n) is 9.29. The lowest BCUT2D eigenvalue weighted by Crippen LogP contribution is -2.50. The number of fused-ring (bicyclic) bond motifs is 1. The fourth-order valence-corrected chi connectivity index (χ4v) is 4.39. The van der Waals surface area contributed by atoms with E-state index in [-0.39, 0.29) is 23.9 Å². The van der Waals surface area contributed by atoms with Crippen LogP contribution in [0.15, 0.2) is 36.9 Å². The number of urea groups is 1. The molecule has 0 aliphatic carbocycles. The summed E-state index contributed by atoms with van der Waals surface area (Å²) in [5, 5.41) is 13.1. The van der Waals surface area contributed by atoms with E-state index in [2.05, 4.69) is 27.6 Å². The highest BCUT2D eigenvalue weighted by atomic mass is 16.2. The number of rotatable bonds is 7. The number of aromatic nitrogens is 2. The molecule has 0 saturated heterocycles. The maximum Gasteiger partial charge on any atom is 0.318 e. The van der Waals surface area contributed by atoms with Crippen molar-refractivity contribution >= 4 is 29.4 Å². The van der Waals surface area contributed by atoms with Gasteiger partial charge in [0.25, 0.3) is 5.91 Å². The van der Waals surface area contributed by atoms with Gasteiger partial charge in [-0.25, -0.2) is 4.79 Å². The molecule has 2 aromatic rings. The Labute approximate surface area is 200 Å². The van der Waals surface area contributed by atoms with Gasteiger partial charge in [0.2, 0.25) is 5.91 Å². The van der Waals surface area contributed by atoms with Gasteiger partial charge in [0.1, 0.15) is 0 Å². The summed E-state index contributed by atoms with van der Waals surface area (Å²) in [6.07, 6.45) is 1.16. The van der Waals surface area contributed by atoms with Crippen LogP contribution in [0.5, 0.6) is 0 Å². The Morgan fingerprint density at radius 3 is 2.62 bits per heavy atom. The number of aryl methyl sites for hydroxylation is 1. The topological polar surface area (TPSA) is 112 Å². The summed E-state index contributed by atoms with van der Waals surface area (Å²) >= 11 is 0. The van der Waals surface area contributed by atoms with Crippen LogP contribution in [0.4, 0.5) is 16.3 Å². The van der Waals surface area contributed by atoms with Gasteiger partial charge in [-0.1, -0.05) is 12.6 Å². The smallest absolute Gasteiger partial charge is 0.318 e. The maximum atomic E-state index is 13.1. The lowest BCUT2D eigenvalue weighted by atomic mass is 10.0. The SMILES string of the molecule is C=CC(=O)Nc1cccc(C(=O)Nc2nn(C)c3c2CN(C(=O)N[C@@H](C)CN(C)C)C3(C)C)c1. The minimum absolute atomic E-state index is 0.0202. The third-order valence-electron chi connectivity index (χ3n) is 5.78. The standard InChI is InChI=1S/C24H33N7O3/c1-8-19(32)26-17-11-9-10-16(12-17)22(33)27-21-18-14-31(23(34)25-15(2)13-29(5)6)24(3,4)20(18)30(7)28-21/h8-12,15H,1,13-14H2,2-7H3,(H,25,34)(H,26,32)(H,27,28,33)/t15-/m0/s1. The second-order valence-corrected chi connectivity index (χ2v) is 9.29. The number of amides is 4. The van der Waals surface area contributed by atoms with E-state index in [0.717, 1.165) is 23.9 Å². The van der Waals surface area contributed by atoms with E-state index in [1.54, 1.807) is 40.9 Å². The fourth-order valence-electron chi connectivity index (χ4n) is 4.39. The summed E-state index contributed by atoms with van der Waals surface area (Å²) in [5.74, 6) is -0.315. The minimum atomic E-state index is -0.614. The Kier molecular flexibility index (Phi) is 7.11. The van der Waals surface area contributed by atoms with Crippen molar-refractivity contribution in [2.45, 2.75) is 38.9 Å². The second kappa shape index (κ2) is 9.68. The first-order valence-corrected chi connectivity index (χ1v) is 11.1. The Morgan fingerprint density at radius 2 is 1.97 bits per heavy atom. The number of nitrogens with zero attached hydrogens (tertiary/aromatic N) is 4. The molecule has 0 fully saturated rings. The molecule has 182 valence electrons. The van der Waals surface area contributed by atoms with E-state index in [1.807, 2.05) is 39.8 Å². The fraction of sp³-hybridized carbons (Fsp3) is 0.417. The number of hydrogen-bond acceptors (Lipinski definition) is 5. The third-order valence-corrected chi connectivity index (χ3v) is 5.78. The van der Waals surface area contributed by atoms with Gasteiger partial charge in [-0.15, -0.1) is 0 Å². The largest absolute Gasteiger partial charge is 0.334 e. The molecule has 0 bridgehead atoms. The minimum Gasteiger partial charge on any atom is -0.334 e. The number of likely N-dealkylation sites (N-methyl/N-ethyl adjacent to an activating group) is 1. The van der Waals surface area contributed by atoms with Crippen LogP contribution in [-0.4, -0.2) is 64.1 Å². The number of benzene rings is 1. The van der Waals surface area contributed by atoms with Gasteiger partial charge in [0.15, 0.2) is 5.82 Å². The van der Waals surface area contributed by atoms with Crippen LogP contribution in [0.3, 0.4) is 0 Å². The lowest BCUT2D eigenvalue weighted by Gasteiger charge is -2.34. The van der Waals surface area contributed by atoms with E-state index < -0.39 is 5.54 Å². The first kappa shape index (κ1) is 25.0. The zero-order valence-corrected chi connectivity index (χ0v) is 20.6. The molecule has 2 heterocycles. The van der Waals surface area contributed by atoms with E-state index in [9.17, 15) is 14.4 Å². The summed E-state index contributed by atoms with van der Waals surface area (Å²) in [6.45, 7) is 10.4. The molecule has 3 rings (SSSR count). The summed E-state index contributed by atoms with van der Waals surface area (Å²) in [5.41, 5.74) is 1.90. The van der Waals surface area contributed by atoms with E-state index in [0.29, 0.717) is 23.6 Å². The number of carbonyl (C=O) groups is 3. The van der Waals surface area contributed by atoms with Crippen molar-refractivity contribution in [3.63, 3.8) is 0 Å². The van der Waals surface area contributed by atoms with Crippen molar-refractivity contribution in [3.8, 4) is 0 Å². The van der Waals surface area contributed by atoms with Crippen LogP contribution >= 0.6 is 0 Å². The molecule has 1 aromatic heterocycles. The zero-order valence-electron chi connectivity index (χ0n) is 20.6. The number of carbonyl (C=O) groups excluding carboxylic acids is 3. The molecule has 0 unspecified atom stereocenters. The number of nitrogens with one attached hydrogen (secondary N) is 3. The molecule has 0 radical (unpaired) electrons. The van der Waals surface area contributed by atoms with Crippen molar-refractivity contribution in [2.75, 3.05) is 31.3 Å². The summed E-state index contributed by atoms with van der Waals surface area (Å²) in [6, 6.07) is 6.41. The van der Waals surface area contributed by atoms with E-state index in [1.165, 1.54) is 0 Å². The van der Waals surface area contributed by atoms with Crippen molar-refractivity contribution in [1.82, 2.24) is 24.9 Å². The normalized spacial score (nSPS) is 15.0. The average molecular weight is 468 g/mol. The highest BCUT2D eigenvalue weighted by Crippen LogP contribution is 2.41. The van der Waals surface area contributed by atoms with Crippen LogP contribution in [0.25, 0.3) is 0 Å². The van der Waals surface area contributed by atoms with Crippen molar-refractivity contribution < 1.29 is 14.4 Å². The van der Waals surface area contributed by atoms with Crippen molar-refractivity contribution in [1.29, 1.82) is 0 Å². The summed E-state index contributed by atoms with van der Waals surface area (Å²) < 4.78 is 1.71. The Morgan fingerprint density at radius 1 is 1.26 bits per heavy atom. The van der Waals surface area contributed by atoms with Crippen molar-refractivity contribution in [3.05, 3.63) is 53.7 Å². The zero-order chi connectivity index (χ0) is 25.2. The lowest BCUT2D eigenvalue weighted by molar-refractivity contribution is -0.111. The predicted molar refractivity (Wildman–Crippen MR) is 132 cm³/mol. The number of hydrogen-bond donors (Lipinski definition) is 3. The number of anilines is 2. The van der Waals surface area contributed by atoms with Crippen LogP contribution in [0.1, 0.15) is 42.4 Å². The summed E-state index contributed by atoms with van der Waals surface area (Å²) in [4.78, 5) is 41.4. The van der Waals surface area contributed by atoms with Gasteiger partial charge in [0, 0.05) is 36.4 Å². The van der Waals surface area contributed by atoms with Crippen molar-refractivity contribution in [2.24, 2.45) is 7.05 Å². The Hall–Kier alpha value is -3.66. The van der Waals surface area contributed by atoms with Crippen LogP contribution in [0, 0.1) is 0 Å². The third kappa shape index (κ3) is 5.12. The van der Waals surface area contributed by atoms with Gasteiger partial charge < -0.3 is 25.8 Å². The molecule has 1 atom stereocenters. The molecule has 4 amide bonds. The Bertz CT molecular complexity index is 1120. The quantitative estimate of drug-likeness (QED) is 0.542. The molecule has 3 N–H and O–H groups in total. The molecule has 1 aliphatic heterocycles. The molecule has 1 aromatic carbocycles. The van der Waals surface area contributed by atoms with Gasteiger partial charge in [-0.3, -0.25) is 14.3 Å². The van der Waals surface area contributed by atoms with E-state index in [4.69, 9.17) is 0 Å². The molecular weight excluding hydrogens is 434 g/mol. The Balaban J connectivity index is 1.80. The average Bonchev–Trinajstić information content (AvgIpc) is 3.21. The highest BCUT2D eigenvalue weighted by molar-refractivity contribution is 6.06. The van der Waals surface area contributed by atoms with Crippen LogP contribution in [0.2, 0.25) is 0 Å². The van der Waals surface area contributed by atoms with Gasteiger partial charge >= 0.3 is 6.03 Å². The molecule has 0 saturated carbocycles. The molecule has 10 nitrogen and oxygen atoms in total. The molecule has 0 spiro atoms. The van der Waals surface area contributed by atoms with E-state index >= 15 is 0 Å². The van der Waals surface area contributed by atoms with Crippen LogP contribution < -0.4 is 16.0 Å². The molecule has 10 heteroatoms. The van der Waals surface area contributed by atoms with Gasteiger partial charge in [-0.2, -0.15) is 5.10 Å². The van der Waals surface area contributed by atoms with Gasteiger partial charge in [0.05, 0.1) is 17.8 Å². The van der Waals surface area contributed by atoms with Gasteiger partial charge in [-0.05, 0) is 59.1 Å². The first-order chi connectivity index (χ1) is 15.9. The monoisotopic (exact) mass is 467 g/mol. The maximum absolute atomic E-state index is 13.1. The first-order valence-electron chi connectivity index (χ1n) is 11.1. The highest BCUT2D eigenvalue weighted by Gasteiger charge is 2.45. The predicted octanol–water partition coefficient (Wildman–Crippen LogP) is 2.51.